The number of allylic oxidation sites excluding steroid dienone is 5. The molecule has 0 amide bonds. The lowest BCUT2D eigenvalue weighted by molar-refractivity contribution is 1.20. The smallest absolute Gasteiger partial charge is 0.0696 e. The van der Waals surface area contributed by atoms with Gasteiger partial charge >= 0.3 is 0 Å². The van der Waals surface area contributed by atoms with Crippen LogP contribution in [0.4, 0.5) is 0 Å². The molecule has 0 radical (unpaired) electrons. The summed E-state index contributed by atoms with van der Waals surface area (Å²) in [4.78, 5) is 4.33. The summed E-state index contributed by atoms with van der Waals surface area (Å²) in [5.41, 5.74) is 4.31. The Labute approximate surface area is 98.2 Å². The summed E-state index contributed by atoms with van der Waals surface area (Å²) in [6.45, 7) is 10.3. The molecule has 1 heteroatoms. The van der Waals surface area contributed by atoms with Gasteiger partial charge in [0.25, 0.3) is 0 Å². The highest BCUT2D eigenvalue weighted by Crippen LogP contribution is 2.12. The fraction of sp³-hybridized carbons (Fsp3) is 0.267. The molecule has 0 aromatic carbocycles. The minimum atomic E-state index is 0.936. The quantitative estimate of drug-likeness (QED) is 0.679. The molecule has 1 rings (SSSR count). The number of hydrogen-bond acceptors (Lipinski definition) is 1. The number of aryl methyl sites for hydroxylation is 1. The first-order valence-corrected chi connectivity index (χ1v) is 5.60. The number of nitrogens with zero attached hydrogens (tertiary/aromatic N) is 1. The molecule has 0 aliphatic carbocycles. The Morgan fingerprint density at radius 1 is 1.38 bits per heavy atom. The highest BCUT2D eigenvalue weighted by molar-refractivity contribution is 5.69. The lowest BCUT2D eigenvalue weighted by Gasteiger charge is -2.00. The van der Waals surface area contributed by atoms with E-state index in [1.165, 1.54) is 11.1 Å². The second-order valence-corrected chi connectivity index (χ2v) is 3.94. The molecule has 0 bridgehead atoms. The molecule has 0 saturated carbocycles. The van der Waals surface area contributed by atoms with Gasteiger partial charge in [-0.3, -0.25) is 4.98 Å². The highest BCUT2D eigenvalue weighted by Gasteiger charge is 1.95. The second-order valence-electron chi connectivity index (χ2n) is 3.94. The predicted octanol–water partition coefficient (Wildman–Crippen LogP) is 4.32. The van der Waals surface area contributed by atoms with E-state index < -0.39 is 0 Å². The average Bonchev–Trinajstić information content (AvgIpc) is 2.27. The van der Waals surface area contributed by atoms with Crippen LogP contribution in [0.25, 0.3) is 5.57 Å². The topological polar surface area (TPSA) is 12.9 Å². The zero-order valence-electron chi connectivity index (χ0n) is 10.3. The first-order valence-electron chi connectivity index (χ1n) is 5.60. The number of aromatic nitrogens is 1. The third kappa shape index (κ3) is 3.85. The molecule has 0 unspecified atom stereocenters. The standard InChI is InChI=1S/C15H19N/c1-5-6-12(2)7-9-14(4)15-10-8-13(3)11-16-15/h6-11H,4-5H2,1-3H3/b9-7-,12-6-. The second kappa shape index (κ2) is 6.06. The zero-order chi connectivity index (χ0) is 12.0. The van der Waals surface area contributed by atoms with E-state index in [9.17, 15) is 0 Å². The van der Waals surface area contributed by atoms with Gasteiger partial charge in [-0.2, -0.15) is 0 Å². The lowest BCUT2D eigenvalue weighted by Crippen LogP contribution is -1.85. The van der Waals surface area contributed by atoms with Crippen molar-refractivity contribution in [2.24, 2.45) is 0 Å². The Hall–Kier alpha value is -1.63. The van der Waals surface area contributed by atoms with Gasteiger partial charge in [0, 0.05) is 6.20 Å². The molecule has 0 fully saturated rings. The molecule has 0 aliphatic heterocycles. The molecular formula is C15H19N. The third-order valence-electron chi connectivity index (χ3n) is 2.31. The van der Waals surface area contributed by atoms with Crippen LogP contribution in [0.2, 0.25) is 0 Å². The van der Waals surface area contributed by atoms with E-state index in [4.69, 9.17) is 0 Å². The normalized spacial score (nSPS) is 12.1. The van der Waals surface area contributed by atoms with E-state index in [1.54, 1.807) is 0 Å². The van der Waals surface area contributed by atoms with Crippen LogP contribution in [0, 0.1) is 6.92 Å². The molecule has 0 aliphatic rings. The van der Waals surface area contributed by atoms with Crippen molar-refractivity contribution in [2.45, 2.75) is 27.2 Å². The number of hydrogen-bond donors (Lipinski definition) is 0. The summed E-state index contributed by atoms with van der Waals surface area (Å²) in [5.74, 6) is 0. The van der Waals surface area contributed by atoms with Crippen molar-refractivity contribution in [3.05, 3.63) is 60.0 Å². The Morgan fingerprint density at radius 2 is 2.12 bits per heavy atom. The molecule has 16 heavy (non-hydrogen) atoms. The van der Waals surface area contributed by atoms with E-state index in [1.807, 2.05) is 25.3 Å². The van der Waals surface area contributed by atoms with Gasteiger partial charge in [0.15, 0.2) is 0 Å². The van der Waals surface area contributed by atoms with E-state index in [0.29, 0.717) is 0 Å². The highest BCUT2D eigenvalue weighted by atomic mass is 14.7. The van der Waals surface area contributed by atoms with Gasteiger partial charge in [-0.25, -0.2) is 0 Å². The molecule has 0 spiro atoms. The summed E-state index contributed by atoms with van der Waals surface area (Å²) < 4.78 is 0. The molecule has 0 N–H and O–H groups in total. The Balaban J connectivity index is 2.73. The molecule has 0 atom stereocenters. The Bertz CT molecular complexity index is 408. The summed E-state index contributed by atoms with van der Waals surface area (Å²) in [6, 6.07) is 4.05. The van der Waals surface area contributed by atoms with Gasteiger partial charge in [-0.1, -0.05) is 43.4 Å². The van der Waals surface area contributed by atoms with E-state index in [-0.39, 0.29) is 0 Å². The SMILES string of the molecule is C=C(/C=C\C(C)=C/CC)c1ccc(C)cn1. The maximum absolute atomic E-state index is 4.33. The van der Waals surface area contributed by atoms with Crippen molar-refractivity contribution in [1.29, 1.82) is 0 Å². The van der Waals surface area contributed by atoms with Crippen molar-refractivity contribution in [3.63, 3.8) is 0 Å². The number of rotatable bonds is 4. The van der Waals surface area contributed by atoms with Crippen molar-refractivity contribution in [2.75, 3.05) is 0 Å². The first-order chi connectivity index (χ1) is 7.63. The number of pyridine rings is 1. The Kier molecular flexibility index (Phi) is 4.71. The van der Waals surface area contributed by atoms with Crippen LogP contribution in [0.5, 0.6) is 0 Å². The Morgan fingerprint density at radius 3 is 2.69 bits per heavy atom. The summed E-state index contributed by atoms with van der Waals surface area (Å²) in [6.07, 6.45) is 9.20. The van der Waals surface area contributed by atoms with Crippen molar-refractivity contribution in [3.8, 4) is 0 Å². The zero-order valence-corrected chi connectivity index (χ0v) is 10.3. The molecule has 1 aromatic rings. The first kappa shape index (κ1) is 12.4. The maximum atomic E-state index is 4.33. The van der Waals surface area contributed by atoms with E-state index in [2.05, 4.69) is 43.6 Å². The molecular weight excluding hydrogens is 194 g/mol. The lowest BCUT2D eigenvalue weighted by atomic mass is 10.1. The van der Waals surface area contributed by atoms with Gasteiger partial charge in [0.05, 0.1) is 5.69 Å². The van der Waals surface area contributed by atoms with Crippen LogP contribution in [0.1, 0.15) is 31.5 Å². The van der Waals surface area contributed by atoms with E-state index >= 15 is 0 Å². The van der Waals surface area contributed by atoms with Gasteiger partial charge < -0.3 is 0 Å². The fourth-order valence-corrected chi connectivity index (χ4v) is 1.37. The summed E-state index contributed by atoms with van der Waals surface area (Å²) in [5, 5.41) is 0. The van der Waals surface area contributed by atoms with Crippen molar-refractivity contribution >= 4 is 5.57 Å². The van der Waals surface area contributed by atoms with Crippen LogP contribution in [-0.4, -0.2) is 4.98 Å². The molecule has 1 aromatic heterocycles. The van der Waals surface area contributed by atoms with Crippen LogP contribution in [-0.2, 0) is 0 Å². The van der Waals surface area contributed by atoms with Crippen LogP contribution in [0.3, 0.4) is 0 Å². The largest absolute Gasteiger partial charge is 0.256 e. The molecule has 0 saturated heterocycles. The fourth-order valence-electron chi connectivity index (χ4n) is 1.37. The molecule has 84 valence electrons. The maximum Gasteiger partial charge on any atom is 0.0696 e. The third-order valence-corrected chi connectivity index (χ3v) is 2.31. The van der Waals surface area contributed by atoms with Crippen LogP contribution in [0.15, 0.2) is 48.7 Å². The average molecular weight is 213 g/mol. The van der Waals surface area contributed by atoms with Gasteiger partial charge in [0.1, 0.15) is 0 Å². The van der Waals surface area contributed by atoms with Crippen LogP contribution < -0.4 is 0 Å². The molecule has 1 nitrogen and oxygen atoms in total. The minimum absolute atomic E-state index is 0.936. The summed E-state index contributed by atoms with van der Waals surface area (Å²) in [7, 11) is 0. The van der Waals surface area contributed by atoms with E-state index in [0.717, 1.165) is 17.7 Å². The van der Waals surface area contributed by atoms with Crippen LogP contribution >= 0.6 is 0 Å². The van der Waals surface area contributed by atoms with Gasteiger partial charge in [0.2, 0.25) is 0 Å². The molecule has 1 heterocycles. The minimum Gasteiger partial charge on any atom is -0.256 e. The van der Waals surface area contributed by atoms with Crippen molar-refractivity contribution in [1.82, 2.24) is 4.98 Å². The van der Waals surface area contributed by atoms with Gasteiger partial charge in [-0.05, 0) is 37.5 Å². The van der Waals surface area contributed by atoms with Crippen molar-refractivity contribution < 1.29 is 0 Å². The predicted molar refractivity (Wildman–Crippen MR) is 71.2 cm³/mol. The monoisotopic (exact) mass is 213 g/mol. The summed E-state index contributed by atoms with van der Waals surface area (Å²) >= 11 is 0. The van der Waals surface area contributed by atoms with Gasteiger partial charge in [-0.15, -0.1) is 0 Å².